The van der Waals surface area contributed by atoms with Crippen LogP contribution in [0.1, 0.15) is 26.7 Å². The van der Waals surface area contributed by atoms with Gasteiger partial charge in [-0.05, 0) is 47.3 Å². The largest absolute Gasteiger partial charge is 0.351 e. The quantitative estimate of drug-likeness (QED) is 0.881. The summed E-state index contributed by atoms with van der Waals surface area (Å²) in [6.45, 7) is 7.57. The van der Waals surface area contributed by atoms with E-state index in [0.717, 1.165) is 34.9 Å². The van der Waals surface area contributed by atoms with Crippen LogP contribution in [0.3, 0.4) is 0 Å². The fraction of sp³-hybridized carbons (Fsp3) is 0.643. The maximum absolute atomic E-state index is 6.30. The number of pyridine rings is 1. The number of hydrogen-bond acceptors (Lipinski definition) is 3. The van der Waals surface area contributed by atoms with Crippen molar-refractivity contribution in [3.63, 3.8) is 0 Å². The zero-order valence-corrected chi connectivity index (χ0v) is 13.8. The van der Waals surface area contributed by atoms with Gasteiger partial charge in [0.1, 0.15) is 5.82 Å². The smallest absolute Gasteiger partial charge is 0.147 e. The summed E-state index contributed by atoms with van der Waals surface area (Å²) < 4.78 is 0.926. The Morgan fingerprint density at radius 2 is 2.37 bits per heavy atom. The van der Waals surface area contributed by atoms with E-state index >= 15 is 0 Å². The molecule has 1 aromatic heterocycles. The average Bonchev–Trinajstić information content (AvgIpc) is 2.77. The zero-order valence-electron chi connectivity index (χ0n) is 11.5. The van der Waals surface area contributed by atoms with Crippen molar-refractivity contribution < 1.29 is 0 Å². The lowest BCUT2D eigenvalue weighted by atomic mass is 10.2. The van der Waals surface area contributed by atoms with Gasteiger partial charge in [-0.1, -0.05) is 25.4 Å². The molecule has 2 heterocycles. The molecule has 1 aliphatic heterocycles. The van der Waals surface area contributed by atoms with Crippen LogP contribution in [-0.4, -0.2) is 30.7 Å². The van der Waals surface area contributed by atoms with Gasteiger partial charge in [-0.2, -0.15) is 0 Å². The summed E-state index contributed by atoms with van der Waals surface area (Å²) in [6.07, 6.45) is 4.24. The second kappa shape index (κ2) is 6.91. The van der Waals surface area contributed by atoms with Crippen molar-refractivity contribution >= 4 is 33.3 Å². The van der Waals surface area contributed by atoms with Crippen LogP contribution >= 0.6 is 27.5 Å². The molecule has 1 aliphatic rings. The lowest BCUT2D eigenvalue weighted by Gasteiger charge is -2.27. The van der Waals surface area contributed by atoms with Crippen LogP contribution in [0, 0.1) is 5.92 Å². The highest BCUT2D eigenvalue weighted by atomic mass is 79.9. The van der Waals surface area contributed by atoms with Gasteiger partial charge in [0.2, 0.25) is 0 Å². The Balaban J connectivity index is 2.01. The Morgan fingerprint density at radius 1 is 1.58 bits per heavy atom. The molecule has 1 fully saturated rings. The Labute approximate surface area is 128 Å². The molecule has 5 heteroatoms. The van der Waals surface area contributed by atoms with Gasteiger partial charge < -0.3 is 10.2 Å². The van der Waals surface area contributed by atoms with E-state index in [1.807, 2.05) is 12.3 Å². The molecule has 0 aliphatic carbocycles. The molecule has 19 heavy (non-hydrogen) atoms. The Hall–Kier alpha value is -0.320. The fourth-order valence-electron chi connectivity index (χ4n) is 2.48. The number of aromatic nitrogens is 1. The third kappa shape index (κ3) is 4.07. The molecule has 1 unspecified atom stereocenters. The van der Waals surface area contributed by atoms with Gasteiger partial charge in [-0.25, -0.2) is 4.98 Å². The Kier molecular flexibility index (Phi) is 5.48. The minimum absolute atomic E-state index is 0.505. The van der Waals surface area contributed by atoms with Crippen molar-refractivity contribution in [1.82, 2.24) is 10.3 Å². The lowest BCUT2D eigenvalue weighted by molar-refractivity contribution is 0.511. The second-order valence-corrected chi connectivity index (χ2v) is 6.82. The molecule has 0 aromatic carbocycles. The molecule has 106 valence electrons. The minimum Gasteiger partial charge on any atom is -0.351 e. The molecule has 0 spiro atoms. The molecule has 1 aromatic rings. The molecular weight excluding hydrogens is 326 g/mol. The average molecular weight is 347 g/mol. The first kappa shape index (κ1) is 15.1. The van der Waals surface area contributed by atoms with Crippen LogP contribution in [0.2, 0.25) is 5.02 Å². The van der Waals surface area contributed by atoms with Gasteiger partial charge in [0.15, 0.2) is 0 Å². The third-order valence-electron chi connectivity index (χ3n) is 3.37. The number of hydrogen-bond donors (Lipinski definition) is 1. The highest BCUT2D eigenvalue weighted by Gasteiger charge is 2.26. The van der Waals surface area contributed by atoms with Crippen LogP contribution in [-0.2, 0) is 0 Å². The Morgan fingerprint density at radius 3 is 3.05 bits per heavy atom. The molecule has 3 nitrogen and oxygen atoms in total. The second-order valence-electron chi connectivity index (χ2n) is 5.50. The maximum Gasteiger partial charge on any atom is 0.147 e. The lowest BCUT2D eigenvalue weighted by Crippen LogP contribution is -2.39. The first-order chi connectivity index (χ1) is 9.08. The highest BCUT2D eigenvalue weighted by Crippen LogP contribution is 2.31. The predicted molar refractivity (Wildman–Crippen MR) is 85.0 cm³/mol. The normalized spacial score (nSPS) is 19.4. The number of nitrogens with one attached hydrogen (secondary N) is 1. The first-order valence-electron chi connectivity index (χ1n) is 6.86. The zero-order chi connectivity index (χ0) is 13.8. The third-order valence-corrected chi connectivity index (χ3v) is 4.08. The summed E-state index contributed by atoms with van der Waals surface area (Å²) >= 11 is 9.70. The summed E-state index contributed by atoms with van der Waals surface area (Å²) in [7, 11) is 0. The fourth-order valence-corrected chi connectivity index (χ4v) is 3.22. The summed E-state index contributed by atoms with van der Waals surface area (Å²) in [5, 5.41) is 4.26. The molecule has 0 saturated carbocycles. The van der Waals surface area contributed by atoms with Gasteiger partial charge >= 0.3 is 0 Å². The SMILES string of the molecule is CC(C)CNCC1CCCN1c1ncc(Br)cc1Cl. The maximum atomic E-state index is 6.30. The summed E-state index contributed by atoms with van der Waals surface area (Å²) in [4.78, 5) is 6.81. The van der Waals surface area contributed by atoms with Crippen molar-refractivity contribution in [3.8, 4) is 0 Å². The van der Waals surface area contributed by atoms with Gasteiger partial charge in [-0.3, -0.25) is 0 Å². The van der Waals surface area contributed by atoms with E-state index in [4.69, 9.17) is 11.6 Å². The van der Waals surface area contributed by atoms with E-state index in [9.17, 15) is 0 Å². The molecule has 0 bridgehead atoms. The number of anilines is 1. The Bertz CT molecular complexity index is 425. The standard InChI is InChI=1S/C14H21BrClN3/c1-10(2)7-17-9-12-4-3-5-19(12)14-13(16)6-11(15)8-18-14/h6,8,10,12,17H,3-5,7,9H2,1-2H3. The van der Waals surface area contributed by atoms with E-state index in [0.29, 0.717) is 12.0 Å². The van der Waals surface area contributed by atoms with Crippen molar-refractivity contribution in [1.29, 1.82) is 0 Å². The van der Waals surface area contributed by atoms with E-state index in [2.05, 4.69) is 45.0 Å². The molecule has 0 amide bonds. The monoisotopic (exact) mass is 345 g/mol. The van der Waals surface area contributed by atoms with Crippen molar-refractivity contribution in [2.45, 2.75) is 32.7 Å². The van der Waals surface area contributed by atoms with Crippen molar-refractivity contribution in [3.05, 3.63) is 21.8 Å². The minimum atomic E-state index is 0.505. The number of halogens is 2. The molecule has 1 saturated heterocycles. The van der Waals surface area contributed by atoms with Crippen LogP contribution in [0.25, 0.3) is 0 Å². The van der Waals surface area contributed by atoms with Crippen LogP contribution in [0.15, 0.2) is 16.7 Å². The first-order valence-corrected chi connectivity index (χ1v) is 8.03. The van der Waals surface area contributed by atoms with Crippen molar-refractivity contribution in [2.75, 3.05) is 24.5 Å². The van der Waals surface area contributed by atoms with Gasteiger partial charge in [0.25, 0.3) is 0 Å². The van der Waals surface area contributed by atoms with Gasteiger partial charge in [0, 0.05) is 29.8 Å². The predicted octanol–water partition coefficient (Wildman–Crippen LogP) is 3.71. The molecular formula is C14H21BrClN3. The van der Waals surface area contributed by atoms with Crippen LogP contribution in [0.5, 0.6) is 0 Å². The number of rotatable bonds is 5. The summed E-state index contributed by atoms with van der Waals surface area (Å²) in [5.74, 6) is 1.60. The van der Waals surface area contributed by atoms with E-state index in [-0.39, 0.29) is 0 Å². The van der Waals surface area contributed by atoms with E-state index in [1.165, 1.54) is 12.8 Å². The highest BCUT2D eigenvalue weighted by molar-refractivity contribution is 9.10. The molecule has 0 radical (unpaired) electrons. The number of nitrogens with zero attached hydrogens (tertiary/aromatic N) is 2. The van der Waals surface area contributed by atoms with E-state index < -0.39 is 0 Å². The molecule has 1 N–H and O–H groups in total. The van der Waals surface area contributed by atoms with Crippen molar-refractivity contribution in [2.24, 2.45) is 5.92 Å². The van der Waals surface area contributed by atoms with Gasteiger partial charge in [0.05, 0.1) is 5.02 Å². The van der Waals surface area contributed by atoms with E-state index in [1.54, 1.807) is 0 Å². The van der Waals surface area contributed by atoms with Crippen LogP contribution in [0.4, 0.5) is 5.82 Å². The molecule has 2 rings (SSSR count). The van der Waals surface area contributed by atoms with Gasteiger partial charge in [-0.15, -0.1) is 0 Å². The molecule has 1 atom stereocenters. The van der Waals surface area contributed by atoms with Crippen LogP contribution < -0.4 is 10.2 Å². The topological polar surface area (TPSA) is 28.2 Å². The summed E-state index contributed by atoms with van der Waals surface area (Å²) in [6, 6.07) is 2.42. The summed E-state index contributed by atoms with van der Waals surface area (Å²) in [5.41, 5.74) is 0.